The van der Waals surface area contributed by atoms with Crippen LogP contribution in [0, 0.1) is 0 Å². The summed E-state index contributed by atoms with van der Waals surface area (Å²) in [5.74, 6) is 0.906. The molecule has 1 aromatic carbocycles. The van der Waals surface area contributed by atoms with E-state index in [1.54, 1.807) is 11.3 Å². The lowest BCUT2D eigenvalue weighted by Gasteiger charge is -2.07. The SMILES string of the molecule is BrCc1cc(OCc2ccsc2)ccc1Br. The van der Waals surface area contributed by atoms with Gasteiger partial charge in [-0.3, -0.25) is 0 Å². The van der Waals surface area contributed by atoms with Crippen molar-refractivity contribution in [1.29, 1.82) is 0 Å². The van der Waals surface area contributed by atoms with Crippen LogP contribution >= 0.6 is 43.2 Å². The van der Waals surface area contributed by atoms with Crippen molar-refractivity contribution in [3.8, 4) is 5.75 Å². The molecule has 0 aliphatic heterocycles. The topological polar surface area (TPSA) is 9.23 Å². The highest BCUT2D eigenvalue weighted by Crippen LogP contribution is 2.25. The van der Waals surface area contributed by atoms with E-state index in [1.807, 2.05) is 18.2 Å². The van der Waals surface area contributed by atoms with Gasteiger partial charge in [0.1, 0.15) is 12.4 Å². The molecule has 0 N–H and O–H groups in total. The van der Waals surface area contributed by atoms with Crippen LogP contribution < -0.4 is 4.74 Å². The highest BCUT2D eigenvalue weighted by atomic mass is 79.9. The summed E-state index contributed by atoms with van der Waals surface area (Å²) in [5, 5.41) is 4.98. The summed E-state index contributed by atoms with van der Waals surface area (Å²) < 4.78 is 6.82. The standard InChI is InChI=1S/C12H10Br2OS/c13-6-10-5-11(1-2-12(10)14)15-7-9-3-4-16-8-9/h1-5,8H,6-7H2. The summed E-state index contributed by atoms with van der Waals surface area (Å²) in [5.41, 5.74) is 2.41. The molecule has 1 nitrogen and oxygen atoms in total. The van der Waals surface area contributed by atoms with Crippen LogP contribution in [-0.4, -0.2) is 0 Å². The second-order valence-corrected chi connectivity index (χ2v) is 5.50. The molecule has 0 saturated heterocycles. The third-order valence-electron chi connectivity index (χ3n) is 2.15. The van der Waals surface area contributed by atoms with E-state index < -0.39 is 0 Å². The minimum atomic E-state index is 0.632. The molecule has 16 heavy (non-hydrogen) atoms. The van der Waals surface area contributed by atoms with Crippen LogP contribution in [0.1, 0.15) is 11.1 Å². The summed E-state index contributed by atoms with van der Waals surface area (Å²) in [6.07, 6.45) is 0. The lowest BCUT2D eigenvalue weighted by molar-refractivity contribution is 0.306. The van der Waals surface area contributed by atoms with E-state index in [-0.39, 0.29) is 0 Å². The first-order valence-electron chi connectivity index (χ1n) is 4.78. The monoisotopic (exact) mass is 360 g/mol. The molecule has 0 aliphatic carbocycles. The van der Waals surface area contributed by atoms with E-state index in [2.05, 4.69) is 48.7 Å². The van der Waals surface area contributed by atoms with Gasteiger partial charge in [0.15, 0.2) is 0 Å². The highest BCUT2D eigenvalue weighted by Gasteiger charge is 2.01. The molecular weight excluding hydrogens is 352 g/mol. The van der Waals surface area contributed by atoms with Crippen molar-refractivity contribution in [1.82, 2.24) is 0 Å². The maximum atomic E-state index is 5.71. The van der Waals surface area contributed by atoms with Crippen molar-refractivity contribution in [2.75, 3.05) is 0 Å². The minimum absolute atomic E-state index is 0.632. The lowest BCUT2D eigenvalue weighted by Crippen LogP contribution is -1.94. The van der Waals surface area contributed by atoms with Crippen LogP contribution in [0.15, 0.2) is 39.5 Å². The Morgan fingerprint density at radius 3 is 2.81 bits per heavy atom. The van der Waals surface area contributed by atoms with E-state index >= 15 is 0 Å². The van der Waals surface area contributed by atoms with Crippen LogP contribution in [0.25, 0.3) is 0 Å². The molecule has 2 rings (SSSR count). The Labute approximate surface area is 116 Å². The lowest BCUT2D eigenvalue weighted by atomic mass is 10.2. The summed E-state index contributed by atoms with van der Waals surface area (Å²) in [6, 6.07) is 8.11. The van der Waals surface area contributed by atoms with Crippen LogP contribution in [0.3, 0.4) is 0 Å². The van der Waals surface area contributed by atoms with Crippen LogP contribution in [-0.2, 0) is 11.9 Å². The molecule has 0 amide bonds. The molecule has 0 unspecified atom stereocenters. The number of hydrogen-bond acceptors (Lipinski definition) is 2. The quantitative estimate of drug-likeness (QED) is 0.697. The number of thiophene rings is 1. The zero-order chi connectivity index (χ0) is 11.4. The summed E-state index contributed by atoms with van der Waals surface area (Å²) >= 11 is 8.63. The average molecular weight is 362 g/mol. The third kappa shape index (κ3) is 3.09. The van der Waals surface area contributed by atoms with Crippen LogP contribution in [0.5, 0.6) is 5.75 Å². The smallest absolute Gasteiger partial charge is 0.120 e. The van der Waals surface area contributed by atoms with E-state index in [0.29, 0.717) is 6.61 Å². The highest BCUT2D eigenvalue weighted by molar-refractivity contribution is 9.10. The van der Waals surface area contributed by atoms with Crippen molar-refractivity contribution >= 4 is 43.2 Å². The predicted molar refractivity (Wildman–Crippen MR) is 75.4 cm³/mol. The van der Waals surface area contributed by atoms with Crippen molar-refractivity contribution in [2.24, 2.45) is 0 Å². The van der Waals surface area contributed by atoms with Gasteiger partial charge in [0, 0.05) is 9.80 Å². The molecule has 1 aromatic heterocycles. The number of rotatable bonds is 4. The second-order valence-electron chi connectivity index (χ2n) is 3.31. The fourth-order valence-electron chi connectivity index (χ4n) is 1.28. The van der Waals surface area contributed by atoms with Crippen molar-refractivity contribution in [3.05, 3.63) is 50.6 Å². The fourth-order valence-corrected chi connectivity index (χ4v) is 3.17. The van der Waals surface area contributed by atoms with Gasteiger partial charge in [-0.15, -0.1) is 0 Å². The largest absolute Gasteiger partial charge is 0.489 e. The van der Waals surface area contributed by atoms with Crippen LogP contribution in [0.2, 0.25) is 0 Å². The number of ether oxygens (including phenoxy) is 1. The minimum Gasteiger partial charge on any atom is -0.489 e. The normalized spacial score (nSPS) is 10.4. The van der Waals surface area contributed by atoms with Gasteiger partial charge in [0.05, 0.1) is 0 Å². The van der Waals surface area contributed by atoms with Crippen molar-refractivity contribution < 1.29 is 4.74 Å². The average Bonchev–Trinajstić information content (AvgIpc) is 2.81. The molecule has 0 fully saturated rings. The third-order valence-corrected chi connectivity index (χ3v) is 4.26. The molecule has 0 bridgehead atoms. The summed E-state index contributed by atoms with van der Waals surface area (Å²) in [6.45, 7) is 0.632. The van der Waals surface area contributed by atoms with Crippen molar-refractivity contribution in [2.45, 2.75) is 11.9 Å². The Morgan fingerprint density at radius 2 is 2.12 bits per heavy atom. The first-order chi connectivity index (χ1) is 7.79. The van der Waals surface area contributed by atoms with Gasteiger partial charge in [-0.2, -0.15) is 11.3 Å². The summed E-state index contributed by atoms with van der Waals surface area (Å²) in [7, 11) is 0. The Balaban J connectivity index is 2.04. The Bertz CT molecular complexity index is 454. The molecular formula is C12H10Br2OS. The van der Waals surface area contributed by atoms with Gasteiger partial charge in [0.25, 0.3) is 0 Å². The summed E-state index contributed by atoms with van der Waals surface area (Å²) in [4.78, 5) is 0. The van der Waals surface area contributed by atoms with E-state index in [9.17, 15) is 0 Å². The second kappa shape index (κ2) is 5.84. The first kappa shape index (κ1) is 12.1. The van der Waals surface area contributed by atoms with E-state index in [4.69, 9.17) is 4.74 Å². The molecule has 84 valence electrons. The number of hydrogen-bond donors (Lipinski definition) is 0. The zero-order valence-corrected chi connectivity index (χ0v) is 12.4. The zero-order valence-electron chi connectivity index (χ0n) is 8.45. The maximum absolute atomic E-state index is 5.71. The van der Waals surface area contributed by atoms with Gasteiger partial charge in [-0.05, 0) is 46.2 Å². The molecule has 2 aromatic rings. The van der Waals surface area contributed by atoms with Crippen molar-refractivity contribution in [3.63, 3.8) is 0 Å². The molecule has 0 atom stereocenters. The molecule has 0 spiro atoms. The number of halogens is 2. The van der Waals surface area contributed by atoms with Gasteiger partial charge in [0.2, 0.25) is 0 Å². The van der Waals surface area contributed by atoms with Gasteiger partial charge in [-0.1, -0.05) is 31.9 Å². The Morgan fingerprint density at radius 1 is 1.25 bits per heavy atom. The van der Waals surface area contributed by atoms with E-state index in [1.165, 1.54) is 11.1 Å². The molecule has 0 radical (unpaired) electrons. The number of alkyl halides is 1. The Kier molecular flexibility index (Phi) is 4.44. The van der Waals surface area contributed by atoms with Gasteiger partial charge >= 0.3 is 0 Å². The number of benzene rings is 1. The molecule has 0 aliphatic rings. The van der Waals surface area contributed by atoms with Gasteiger partial charge in [-0.25, -0.2) is 0 Å². The predicted octanol–water partition coefficient (Wildman–Crippen LogP) is 4.98. The van der Waals surface area contributed by atoms with Crippen LogP contribution in [0.4, 0.5) is 0 Å². The fraction of sp³-hybridized carbons (Fsp3) is 0.167. The molecule has 4 heteroatoms. The molecule has 0 saturated carbocycles. The Hall–Kier alpha value is -0.320. The maximum Gasteiger partial charge on any atom is 0.120 e. The van der Waals surface area contributed by atoms with E-state index in [0.717, 1.165) is 15.6 Å². The first-order valence-corrected chi connectivity index (χ1v) is 7.63. The molecule has 1 heterocycles. The van der Waals surface area contributed by atoms with Gasteiger partial charge < -0.3 is 4.74 Å².